The summed E-state index contributed by atoms with van der Waals surface area (Å²) in [6, 6.07) is 26.2. The van der Waals surface area contributed by atoms with E-state index >= 15 is 0 Å². The van der Waals surface area contributed by atoms with Crippen LogP contribution in [0.25, 0.3) is 22.0 Å². The van der Waals surface area contributed by atoms with Crippen LogP contribution in [0.3, 0.4) is 0 Å². The maximum absolute atomic E-state index is 14.2. The SMILES string of the molecule is CC(C)(C)OC(=O)N[C@@H](CC(N)=O)C(=O)NC[C@@H](OC(=O)c1ccccc1)C(=O)N[C@@H](Cc1c[nH]c2ccc(Br)cc12)C(=O)OOCC1c2ccccc2-c2ccccc21. The average Bonchev–Trinajstić information content (AvgIpc) is 3.75. The molecule has 1 heterocycles. The van der Waals surface area contributed by atoms with Crippen LogP contribution < -0.4 is 21.7 Å². The maximum atomic E-state index is 14.2. The van der Waals surface area contributed by atoms with Crippen LogP contribution in [0.4, 0.5) is 4.79 Å². The number of H-pyrrole nitrogens is 1. The lowest BCUT2D eigenvalue weighted by Crippen LogP contribution is -2.54. The average molecular weight is 883 g/mol. The molecule has 1 aromatic heterocycles. The number of ether oxygens (including phenoxy) is 2. The van der Waals surface area contributed by atoms with Crippen molar-refractivity contribution in [2.24, 2.45) is 5.73 Å². The van der Waals surface area contributed by atoms with Gasteiger partial charge in [0.1, 0.15) is 24.3 Å². The van der Waals surface area contributed by atoms with E-state index in [1.807, 2.05) is 66.7 Å². The molecule has 0 saturated heterocycles. The fraction of sp³-hybridized carbons (Fsp3) is 0.273. The molecule has 60 heavy (non-hydrogen) atoms. The van der Waals surface area contributed by atoms with Gasteiger partial charge in [0, 0.05) is 33.9 Å². The van der Waals surface area contributed by atoms with Crippen molar-refractivity contribution in [1.29, 1.82) is 0 Å². The van der Waals surface area contributed by atoms with Gasteiger partial charge in [-0.2, -0.15) is 4.89 Å². The molecule has 0 aliphatic heterocycles. The molecular weight excluding hydrogens is 838 g/mol. The van der Waals surface area contributed by atoms with Gasteiger partial charge in [-0.3, -0.25) is 19.3 Å². The van der Waals surface area contributed by atoms with Crippen LogP contribution in [0.2, 0.25) is 0 Å². The Morgan fingerprint density at radius 1 is 0.817 bits per heavy atom. The number of fused-ring (bicyclic) bond motifs is 4. The van der Waals surface area contributed by atoms with Crippen molar-refractivity contribution in [2.75, 3.05) is 13.2 Å². The van der Waals surface area contributed by atoms with Crippen LogP contribution in [0.15, 0.2) is 108 Å². The van der Waals surface area contributed by atoms with Crippen molar-refractivity contribution < 1.29 is 48.0 Å². The molecule has 4 amide bonds. The molecule has 312 valence electrons. The van der Waals surface area contributed by atoms with E-state index in [9.17, 15) is 28.8 Å². The Labute approximate surface area is 353 Å². The van der Waals surface area contributed by atoms with E-state index < -0.39 is 72.5 Å². The van der Waals surface area contributed by atoms with E-state index in [2.05, 4.69) is 36.9 Å². The third-order valence-corrected chi connectivity index (χ3v) is 10.0. The lowest BCUT2D eigenvalue weighted by Gasteiger charge is -2.24. The van der Waals surface area contributed by atoms with Crippen LogP contribution >= 0.6 is 15.9 Å². The van der Waals surface area contributed by atoms with Gasteiger partial charge in [-0.15, -0.1) is 0 Å². The monoisotopic (exact) mass is 881 g/mol. The summed E-state index contributed by atoms with van der Waals surface area (Å²) < 4.78 is 11.6. The standard InChI is InChI=1S/C44H44BrN5O10/c1-44(2,3)59-43(56)50-35(21-38(46)51)39(52)48-23-37(58-41(54)25-11-5-4-6-12-25)40(53)49-36(19-26-22-47-34-18-17-27(45)20-32(26)34)42(55)60-57-24-33-30-15-9-7-13-28(30)29-14-8-10-16-31(29)33/h4-18,20,22,33,35-37,47H,19,21,23-24H2,1-3H3,(H2,46,51)(H,48,52)(H,49,53)(H,50,56)/t35-,36-,37+/m0/s1. The van der Waals surface area contributed by atoms with Crippen molar-refractivity contribution in [1.82, 2.24) is 20.9 Å². The highest BCUT2D eigenvalue weighted by molar-refractivity contribution is 9.10. The quantitative estimate of drug-likeness (QED) is 0.0486. The summed E-state index contributed by atoms with van der Waals surface area (Å²) >= 11 is 3.48. The van der Waals surface area contributed by atoms with Crippen LogP contribution in [0.5, 0.6) is 0 Å². The van der Waals surface area contributed by atoms with E-state index in [1.165, 1.54) is 12.1 Å². The number of halogens is 1. The molecule has 15 nitrogen and oxygen atoms in total. The summed E-state index contributed by atoms with van der Waals surface area (Å²) in [6.07, 6.45) is -1.75. The zero-order valence-corrected chi connectivity index (χ0v) is 34.6. The summed E-state index contributed by atoms with van der Waals surface area (Å²) in [5.41, 5.74) is 10.1. The number of primary amides is 1. The number of alkyl carbamates (subject to hydrolysis) is 1. The molecule has 6 N–H and O–H groups in total. The third kappa shape index (κ3) is 10.9. The molecule has 0 spiro atoms. The molecule has 0 fully saturated rings. The number of rotatable bonds is 16. The van der Waals surface area contributed by atoms with E-state index in [4.69, 9.17) is 25.0 Å². The summed E-state index contributed by atoms with van der Waals surface area (Å²) in [6.45, 7) is 4.17. The molecule has 1 aliphatic rings. The fourth-order valence-electron chi connectivity index (χ4n) is 6.79. The number of nitrogens with two attached hydrogens (primary N) is 1. The molecular formula is C44H44BrN5O10. The van der Waals surface area contributed by atoms with Crippen molar-refractivity contribution in [2.45, 2.75) is 63.3 Å². The van der Waals surface area contributed by atoms with Gasteiger partial charge in [0.15, 0.2) is 6.10 Å². The first-order valence-corrected chi connectivity index (χ1v) is 19.8. The van der Waals surface area contributed by atoms with E-state index in [0.717, 1.165) is 37.6 Å². The van der Waals surface area contributed by atoms with Crippen LogP contribution in [0, 0.1) is 0 Å². The Kier molecular flexibility index (Phi) is 13.7. The third-order valence-electron chi connectivity index (χ3n) is 9.52. The van der Waals surface area contributed by atoms with Gasteiger partial charge in [-0.25, -0.2) is 14.4 Å². The van der Waals surface area contributed by atoms with Crippen LogP contribution in [-0.2, 0) is 44.8 Å². The van der Waals surface area contributed by atoms with E-state index in [1.54, 1.807) is 45.2 Å². The predicted octanol–water partition coefficient (Wildman–Crippen LogP) is 5.36. The van der Waals surface area contributed by atoms with Gasteiger partial charge in [-0.05, 0) is 78.9 Å². The Balaban J connectivity index is 1.22. The van der Waals surface area contributed by atoms with Crippen molar-refractivity contribution in [3.8, 4) is 11.1 Å². The molecule has 16 heteroatoms. The summed E-state index contributed by atoms with van der Waals surface area (Å²) in [5.74, 6) is -4.92. The number of benzene rings is 4. The molecule has 0 saturated carbocycles. The minimum Gasteiger partial charge on any atom is -0.447 e. The van der Waals surface area contributed by atoms with Crippen LogP contribution in [0.1, 0.15) is 60.2 Å². The second-order valence-corrected chi connectivity index (χ2v) is 16.0. The van der Waals surface area contributed by atoms with Gasteiger partial charge < -0.3 is 36.1 Å². The number of nitrogens with one attached hydrogen (secondary N) is 4. The number of hydrogen-bond acceptors (Lipinski definition) is 10. The number of carbonyl (C=O) groups is 6. The maximum Gasteiger partial charge on any atom is 0.408 e. The zero-order valence-electron chi connectivity index (χ0n) is 33.0. The van der Waals surface area contributed by atoms with Crippen molar-refractivity contribution >= 4 is 62.6 Å². The molecule has 6 rings (SSSR count). The number of carbonyl (C=O) groups excluding carboxylic acids is 6. The predicted molar refractivity (Wildman–Crippen MR) is 223 cm³/mol. The summed E-state index contributed by atoms with van der Waals surface area (Å²) in [7, 11) is 0. The first kappa shape index (κ1) is 43.1. The number of amides is 4. The van der Waals surface area contributed by atoms with Crippen molar-refractivity contribution in [3.05, 3.63) is 130 Å². The Morgan fingerprint density at radius 2 is 1.47 bits per heavy atom. The summed E-state index contributed by atoms with van der Waals surface area (Å²) in [4.78, 5) is 93.3. The Morgan fingerprint density at radius 3 is 2.12 bits per heavy atom. The molecule has 1 aliphatic carbocycles. The first-order valence-electron chi connectivity index (χ1n) is 19.1. The number of aromatic nitrogens is 1. The topological polar surface area (TPSA) is 217 Å². The van der Waals surface area contributed by atoms with Crippen molar-refractivity contribution in [3.63, 3.8) is 0 Å². The van der Waals surface area contributed by atoms with Gasteiger partial charge in [0.2, 0.25) is 11.8 Å². The Bertz CT molecular complexity index is 2350. The molecule has 5 aromatic rings. The van der Waals surface area contributed by atoms with Gasteiger partial charge in [-0.1, -0.05) is 82.7 Å². The van der Waals surface area contributed by atoms with Crippen LogP contribution in [-0.4, -0.2) is 77.7 Å². The Hall–Kier alpha value is -6.52. The number of esters is 1. The highest BCUT2D eigenvalue weighted by Crippen LogP contribution is 2.44. The second kappa shape index (κ2) is 19.0. The normalized spacial score (nSPS) is 13.5. The van der Waals surface area contributed by atoms with Gasteiger partial charge >= 0.3 is 18.0 Å². The molecule has 0 bridgehead atoms. The molecule has 0 unspecified atom stereocenters. The van der Waals surface area contributed by atoms with Gasteiger partial charge in [0.25, 0.3) is 5.91 Å². The smallest absolute Gasteiger partial charge is 0.408 e. The fourth-order valence-corrected chi connectivity index (χ4v) is 7.15. The first-order chi connectivity index (χ1) is 28.7. The molecule has 3 atom stereocenters. The van der Waals surface area contributed by atoms with Gasteiger partial charge in [0.05, 0.1) is 18.5 Å². The number of hydrogen-bond donors (Lipinski definition) is 5. The van der Waals surface area contributed by atoms with E-state index in [0.29, 0.717) is 5.56 Å². The highest BCUT2D eigenvalue weighted by atomic mass is 79.9. The second-order valence-electron chi connectivity index (χ2n) is 15.1. The lowest BCUT2D eigenvalue weighted by atomic mass is 9.98. The summed E-state index contributed by atoms with van der Waals surface area (Å²) in [5, 5.41) is 8.14. The molecule has 0 radical (unpaired) electrons. The lowest BCUT2D eigenvalue weighted by molar-refractivity contribution is -0.275. The highest BCUT2D eigenvalue weighted by Gasteiger charge is 2.34. The number of aromatic amines is 1. The minimum atomic E-state index is -1.74. The zero-order chi connectivity index (χ0) is 43.0. The van der Waals surface area contributed by atoms with E-state index in [-0.39, 0.29) is 24.5 Å². The minimum absolute atomic E-state index is 0.0202. The largest absolute Gasteiger partial charge is 0.447 e. The molecule has 4 aromatic carbocycles.